The average molecular weight is 447 g/mol. The van der Waals surface area contributed by atoms with Crippen LogP contribution in [0.2, 0.25) is 0 Å². The highest BCUT2D eigenvalue weighted by atomic mass is 14.7. The van der Waals surface area contributed by atoms with Crippen molar-refractivity contribution in [3.63, 3.8) is 0 Å². The van der Waals surface area contributed by atoms with Crippen LogP contribution in [-0.2, 0) is 6.42 Å². The van der Waals surface area contributed by atoms with Crippen molar-refractivity contribution in [3.05, 3.63) is 34.4 Å². The third-order valence-corrected chi connectivity index (χ3v) is 13.9. The minimum Gasteiger partial charge on any atom is -0.0596 e. The highest BCUT2D eigenvalue weighted by Crippen LogP contribution is 2.78. The lowest BCUT2D eigenvalue weighted by Crippen LogP contribution is -2.65. The van der Waals surface area contributed by atoms with Crippen LogP contribution in [0.1, 0.15) is 128 Å². The first-order chi connectivity index (χ1) is 15.4. The van der Waals surface area contributed by atoms with E-state index in [0.29, 0.717) is 27.1 Å². The normalized spacial score (nSPS) is 49.9. The van der Waals surface area contributed by atoms with Crippen molar-refractivity contribution < 1.29 is 0 Å². The molecule has 0 spiro atoms. The van der Waals surface area contributed by atoms with Crippen molar-refractivity contribution in [2.75, 3.05) is 0 Å². The summed E-state index contributed by atoms with van der Waals surface area (Å²) < 4.78 is 0. The number of rotatable bonds is 0. The summed E-state index contributed by atoms with van der Waals surface area (Å²) in [5, 5.41) is 0. The fraction of sp³-hybridized carbons (Fsp3) is 0.818. The van der Waals surface area contributed by atoms with E-state index in [1.165, 1.54) is 64.2 Å². The molecule has 0 amide bonds. The maximum Gasteiger partial charge on any atom is -0.00963 e. The van der Waals surface area contributed by atoms with E-state index in [0.717, 1.165) is 23.7 Å². The monoisotopic (exact) mass is 446 g/mol. The lowest BCUT2D eigenvalue weighted by atomic mass is 9.32. The molecule has 0 saturated heterocycles. The first kappa shape index (κ1) is 22.7. The summed E-state index contributed by atoms with van der Waals surface area (Å²) in [6.07, 6.45) is 14.6. The maximum atomic E-state index is 2.80. The number of benzene rings is 1. The molecule has 0 N–H and O–H groups in total. The van der Waals surface area contributed by atoms with Crippen molar-refractivity contribution in [1.29, 1.82) is 0 Å². The van der Waals surface area contributed by atoms with Gasteiger partial charge >= 0.3 is 0 Å². The lowest BCUT2D eigenvalue weighted by molar-refractivity contribution is -0.235. The zero-order valence-corrected chi connectivity index (χ0v) is 23.0. The van der Waals surface area contributed by atoms with Gasteiger partial charge < -0.3 is 0 Å². The molecule has 5 aliphatic rings. The highest BCUT2D eigenvalue weighted by Gasteiger charge is 2.70. The summed E-state index contributed by atoms with van der Waals surface area (Å²) in [5.41, 5.74) is 9.23. The van der Waals surface area contributed by atoms with Crippen molar-refractivity contribution in [2.24, 2.45) is 44.8 Å². The molecule has 1 aromatic carbocycles. The van der Waals surface area contributed by atoms with Crippen LogP contribution in [0.15, 0.2) is 12.1 Å². The fourth-order valence-corrected chi connectivity index (χ4v) is 12.3. The molecule has 8 atom stereocenters. The topological polar surface area (TPSA) is 0 Å². The largest absolute Gasteiger partial charge is 0.0596 e. The van der Waals surface area contributed by atoms with Gasteiger partial charge in [0.1, 0.15) is 0 Å². The van der Waals surface area contributed by atoms with E-state index >= 15 is 0 Å². The minimum atomic E-state index is 0.462. The molecule has 0 heteroatoms. The Bertz CT molecular complexity index is 984. The molecule has 0 aliphatic heterocycles. The smallest absolute Gasteiger partial charge is 0.00963 e. The van der Waals surface area contributed by atoms with Gasteiger partial charge in [0, 0.05) is 0 Å². The summed E-state index contributed by atoms with van der Waals surface area (Å²) in [5.74, 6) is 3.54. The van der Waals surface area contributed by atoms with Gasteiger partial charge in [0.25, 0.3) is 0 Å². The Balaban J connectivity index is 1.41. The van der Waals surface area contributed by atoms with Crippen molar-refractivity contribution >= 4 is 0 Å². The van der Waals surface area contributed by atoms with Gasteiger partial charge in [-0.1, -0.05) is 60.1 Å². The molecule has 4 fully saturated rings. The Morgan fingerprint density at radius 3 is 1.94 bits per heavy atom. The van der Waals surface area contributed by atoms with Crippen LogP contribution >= 0.6 is 0 Å². The molecule has 0 aromatic heterocycles. The number of hydrogen-bond acceptors (Lipinski definition) is 0. The zero-order valence-electron chi connectivity index (χ0n) is 23.0. The van der Waals surface area contributed by atoms with E-state index in [1.807, 2.05) is 0 Å². The molecule has 4 saturated carbocycles. The molecule has 0 heterocycles. The molecule has 6 rings (SSSR count). The number of fused-ring (bicyclic) bond motifs is 9. The van der Waals surface area contributed by atoms with Crippen molar-refractivity contribution in [3.8, 4) is 0 Å². The first-order valence-electron chi connectivity index (χ1n) is 14.5. The first-order valence-corrected chi connectivity index (χ1v) is 14.5. The van der Waals surface area contributed by atoms with E-state index in [4.69, 9.17) is 0 Å². The lowest BCUT2D eigenvalue weighted by Gasteiger charge is -2.73. The molecule has 33 heavy (non-hydrogen) atoms. The third kappa shape index (κ3) is 2.60. The van der Waals surface area contributed by atoms with Crippen LogP contribution in [0.5, 0.6) is 0 Å². The van der Waals surface area contributed by atoms with Gasteiger partial charge in [-0.3, -0.25) is 0 Å². The van der Waals surface area contributed by atoms with Gasteiger partial charge in [0.05, 0.1) is 0 Å². The standard InChI is InChI=1S/C33H50/c1-21-10-11-22(2)28-23(21)20-31(6)24(28)14-18-32(7)27(31)13-12-26-30(5)17-9-16-29(3,4)25(30)15-19-33(26,32)8/h10-11,24-27H,9,12-20H2,1-8H3/t24-,25+,26-,27-,30+,31+,32-,33-/m1/s1. The minimum absolute atomic E-state index is 0.462. The Morgan fingerprint density at radius 2 is 1.24 bits per heavy atom. The van der Waals surface area contributed by atoms with Gasteiger partial charge in [-0.25, -0.2) is 0 Å². The van der Waals surface area contributed by atoms with Crippen LogP contribution in [0.25, 0.3) is 0 Å². The van der Waals surface area contributed by atoms with Gasteiger partial charge in [0.15, 0.2) is 0 Å². The summed E-state index contributed by atoms with van der Waals surface area (Å²) in [7, 11) is 0. The second-order valence-electron chi connectivity index (χ2n) is 15.3. The summed E-state index contributed by atoms with van der Waals surface area (Å²) in [6, 6.07) is 4.82. The molecular weight excluding hydrogens is 396 g/mol. The molecule has 5 aliphatic carbocycles. The van der Waals surface area contributed by atoms with Crippen LogP contribution in [0.3, 0.4) is 0 Å². The van der Waals surface area contributed by atoms with Gasteiger partial charge in [-0.15, -0.1) is 0 Å². The predicted octanol–water partition coefficient (Wildman–Crippen LogP) is 9.41. The summed E-state index contributed by atoms with van der Waals surface area (Å²) in [4.78, 5) is 0. The number of hydrogen-bond donors (Lipinski definition) is 0. The van der Waals surface area contributed by atoms with E-state index in [2.05, 4.69) is 67.5 Å². The van der Waals surface area contributed by atoms with E-state index in [1.54, 1.807) is 22.3 Å². The second kappa shape index (κ2) is 6.70. The third-order valence-electron chi connectivity index (χ3n) is 13.9. The molecular formula is C33H50. The molecule has 0 unspecified atom stereocenters. The fourth-order valence-electron chi connectivity index (χ4n) is 12.3. The SMILES string of the molecule is Cc1ccc(C)c2c1C[C@@]1(C)[C@@H]2CC[C@]2(C)[C@@H]1CC[C@@H]1[C@@]3(C)CCCC(C)(C)[C@@H]3CC[C@]12C. The Labute approximate surface area is 204 Å². The molecule has 0 bridgehead atoms. The molecule has 0 nitrogen and oxygen atoms in total. The Hall–Kier alpha value is -0.780. The molecule has 0 radical (unpaired) electrons. The van der Waals surface area contributed by atoms with E-state index < -0.39 is 0 Å². The summed E-state index contributed by atoms with van der Waals surface area (Å²) >= 11 is 0. The zero-order chi connectivity index (χ0) is 23.6. The van der Waals surface area contributed by atoms with Gasteiger partial charge in [-0.2, -0.15) is 0 Å². The van der Waals surface area contributed by atoms with Gasteiger partial charge in [-0.05, 0) is 145 Å². The molecule has 182 valence electrons. The van der Waals surface area contributed by atoms with Gasteiger partial charge in [0.2, 0.25) is 0 Å². The Kier molecular flexibility index (Phi) is 4.60. The maximum absolute atomic E-state index is 2.80. The van der Waals surface area contributed by atoms with Crippen molar-refractivity contribution in [2.45, 2.75) is 126 Å². The van der Waals surface area contributed by atoms with Crippen LogP contribution < -0.4 is 0 Å². The Morgan fingerprint density at radius 1 is 0.636 bits per heavy atom. The second-order valence-corrected chi connectivity index (χ2v) is 15.3. The predicted molar refractivity (Wildman–Crippen MR) is 141 cm³/mol. The van der Waals surface area contributed by atoms with Crippen LogP contribution in [0, 0.1) is 58.7 Å². The van der Waals surface area contributed by atoms with E-state index in [9.17, 15) is 0 Å². The summed E-state index contributed by atoms with van der Waals surface area (Å²) in [6.45, 7) is 21.1. The van der Waals surface area contributed by atoms with Crippen LogP contribution in [0.4, 0.5) is 0 Å². The average Bonchev–Trinajstić information content (AvgIpc) is 3.05. The molecule has 1 aromatic rings. The van der Waals surface area contributed by atoms with Crippen molar-refractivity contribution in [1.82, 2.24) is 0 Å². The quantitative estimate of drug-likeness (QED) is 0.372. The highest BCUT2D eigenvalue weighted by molar-refractivity contribution is 5.49. The van der Waals surface area contributed by atoms with Crippen LogP contribution in [-0.4, -0.2) is 0 Å². The van der Waals surface area contributed by atoms with E-state index in [-0.39, 0.29) is 0 Å². The number of aryl methyl sites for hydroxylation is 2.